The summed E-state index contributed by atoms with van der Waals surface area (Å²) in [6.07, 6.45) is -0.263. The quantitative estimate of drug-likeness (QED) is 0.615. The summed E-state index contributed by atoms with van der Waals surface area (Å²) in [5.41, 5.74) is -0.552. The molecule has 3 N–H and O–H groups in total. The van der Waals surface area contributed by atoms with Crippen LogP contribution < -0.4 is 5.32 Å². The molecule has 0 aromatic rings. The highest BCUT2D eigenvalue weighted by atomic mass is 16.6. The Bertz CT molecular complexity index is 176. The molecule has 0 aliphatic heterocycles. The largest absolute Gasteiger partial charge is 0.444 e. The van der Waals surface area contributed by atoms with Crippen molar-refractivity contribution in [2.75, 3.05) is 13.2 Å². The molecular weight excluding hydrogens is 186 g/mol. The molecule has 1 atom stereocenters. The van der Waals surface area contributed by atoms with Crippen molar-refractivity contribution in [3.05, 3.63) is 0 Å². The topological polar surface area (TPSA) is 78.8 Å². The Morgan fingerprint density at radius 2 is 2.00 bits per heavy atom. The van der Waals surface area contributed by atoms with Crippen LogP contribution in [0.3, 0.4) is 0 Å². The molecule has 5 nitrogen and oxygen atoms in total. The molecule has 0 aromatic carbocycles. The number of ether oxygens (including phenoxy) is 1. The van der Waals surface area contributed by atoms with Gasteiger partial charge >= 0.3 is 6.09 Å². The van der Waals surface area contributed by atoms with Crippen molar-refractivity contribution in [2.45, 2.75) is 38.8 Å². The van der Waals surface area contributed by atoms with Crippen LogP contribution in [0, 0.1) is 0 Å². The lowest BCUT2D eigenvalue weighted by Crippen LogP contribution is -2.41. The summed E-state index contributed by atoms with van der Waals surface area (Å²) in [5, 5.41) is 19.9. The highest BCUT2D eigenvalue weighted by molar-refractivity contribution is 5.68. The first-order valence-electron chi connectivity index (χ1n) is 4.60. The number of alkyl carbamates (subject to hydrolysis) is 1. The Morgan fingerprint density at radius 1 is 1.43 bits per heavy atom. The molecule has 0 radical (unpaired) electrons. The molecule has 1 amide bonds. The van der Waals surface area contributed by atoms with E-state index in [4.69, 9.17) is 14.9 Å². The fourth-order valence-corrected chi connectivity index (χ4v) is 0.839. The highest BCUT2D eigenvalue weighted by Gasteiger charge is 2.18. The number of carbonyl (C=O) groups is 1. The van der Waals surface area contributed by atoms with E-state index in [-0.39, 0.29) is 13.2 Å². The van der Waals surface area contributed by atoms with Gasteiger partial charge in [0.2, 0.25) is 0 Å². The third kappa shape index (κ3) is 6.68. The van der Waals surface area contributed by atoms with E-state index in [0.717, 1.165) is 0 Å². The molecule has 0 aromatic heterocycles. The highest BCUT2D eigenvalue weighted by Crippen LogP contribution is 2.06. The van der Waals surface area contributed by atoms with Crippen molar-refractivity contribution in [2.24, 2.45) is 0 Å². The number of rotatable bonds is 4. The molecule has 14 heavy (non-hydrogen) atoms. The van der Waals surface area contributed by atoms with Gasteiger partial charge in [0.15, 0.2) is 0 Å². The van der Waals surface area contributed by atoms with Crippen molar-refractivity contribution >= 4 is 6.09 Å². The molecule has 5 heteroatoms. The number of amides is 1. The minimum Gasteiger partial charge on any atom is -0.444 e. The van der Waals surface area contributed by atoms with E-state index in [9.17, 15) is 4.79 Å². The van der Waals surface area contributed by atoms with E-state index in [0.29, 0.717) is 6.42 Å². The van der Waals surface area contributed by atoms with Crippen LogP contribution in [0.25, 0.3) is 0 Å². The standard InChI is InChI=1S/C9H19NO4/c1-9(2,3)14-8(13)10-7(6-12)4-5-11/h7,11-12H,4-6H2,1-3H3,(H,10,13). The first-order chi connectivity index (χ1) is 6.39. The van der Waals surface area contributed by atoms with E-state index in [1.165, 1.54) is 0 Å². The average Bonchev–Trinajstić information content (AvgIpc) is 2.00. The van der Waals surface area contributed by atoms with Gasteiger partial charge in [0, 0.05) is 6.61 Å². The summed E-state index contributed by atoms with van der Waals surface area (Å²) in [6.45, 7) is 4.98. The molecule has 0 fully saturated rings. The van der Waals surface area contributed by atoms with Gasteiger partial charge in [-0.3, -0.25) is 0 Å². The van der Waals surface area contributed by atoms with Gasteiger partial charge in [-0.2, -0.15) is 0 Å². The van der Waals surface area contributed by atoms with Crippen LogP contribution in [0.15, 0.2) is 0 Å². The normalized spacial score (nSPS) is 13.5. The van der Waals surface area contributed by atoms with Crippen LogP contribution in [0.2, 0.25) is 0 Å². The van der Waals surface area contributed by atoms with E-state index in [2.05, 4.69) is 5.32 Å². The van der Waals surface area contributed by atoms with Crippen LogP contribution >= 0.6 is 0 Å². The smallest absolute Gasteiger partial charge is 0.407 e. The molecular formula is C9H19NO4. The molecule has 0 bridgehead atoms. The van der Waals surface area contributed by atoms with E-state index in [1.54, 1.807) is 20.8 Å². The summed E-state index contributed by atoms with van der Waals surface area (Å²) in [4.78, 5) is 11.2. The summed E-state index contributed by atoms with van der Waals surface area (Å²) < 4.78 is 4.97. The Hall–Kier alpha value is -0.810. The van der Waals surface area contributed by atoms with Crippen LogP contribution in [-0.2, 0) is 4.74 Å². The summed E-state index contributed by atoms with van der Waals surface area (Å²) in [5.74, 6) is 0. The maximum Gasteiger partial charge on any atom is 0.407 e. The molecule has 0 spiro atoms. The fourth-order valence-electron chi connectivity index (χ4n) is 0.839. The second-order valence-electron chi connectivity index (χ2n) is 4.04. The predicted molar refractivity (Wildman–Crippen MR) is 51.9 cm³/mol. The predicted octanol–water partition coefficient (Wildman–Crippen LogP) is 0.254. The van der Waals surface area contributed by atoms with Crippen molar-refractivity contribution in [3.63, 3.8) is 0 Å². The molecule has 0 rings (SSSR count). The number of aliphatic hydroxyl groups excluding tert-OH is 2. The zero-order valence-electron chi connectivity index (χ0n) is 8.91. The van der Waals surface area contributed by atoms with E-state index in [1.807, 2.05) is 0 Å². The van der Waals surface area contributed by atoms with E-state index >= 15 is 0 Å². The number of hydrogen-bond acceptors (Lipinski definition) is 4. The first kappa shape index (κ1) is 13.2. The van der Waals surface area contributed by atoms with Crippen LogP contribution in [0.4, 0.5) is 4.79 Å². The van der Waals surface area contributed by atoms with Gasteiger partial charge in [0.1, 0.15) is 5.60 Å². The molecule has 0 aliphatic rings. The van der Waals surface area contributed by atoms with Gasteiger partial charge in [0.05, 0.1) is 12.6 Å². The Labute approximate surface area is 84.1 Å². The van der Waals surface area contributed by atoms with Gasteiger partial charge < -0.3 is 20.3 Å². The fraction of sp³-hybridized carbons (Fsp3) is 0.889. The average molecular weight is 205 g/mol. The van der Waals surface area contributed by atoms with Crippen LogP contribution in [0.1, 0.15) is 27.2 Å². The van der Waals surface area contributed by atoms with Crippen LogP contribution in [0.5, 0.6) is 0 Å². The number of hydrogen-bond donors (Lipinski definition) is 3. The maximum atomic E-state index is 11.2. The maximum absolute atomic E-state index is 11.2. The molecule has 0 saturated carbocycles. The van der Waals surface area contributed by atoms with Crippen LogP contribution in [-0.4, -0.2) is 41.2 Å². The summed E-state index contributed by atoms with van der Waals surface area (Å²) in [7, 11) is 0. The van der Waals surface area contributed by atoms with Gasteiger partial charge in [0.25, 0.3) is 0 Å². The summed E-state index contributed by atoms with van der Waals surface area (Å²) in [6, 6.07) is -0.449. The third-order valence-corrected chi connectivity index (χ3v) is 1.42. The second-order valence-corrected chi connectivity index (χ2v) is 4.04. The van der Waals surface area contributed by atoms with Gasteiger partial charge in [-0.1, -0.05) is 0 Å². The second kappa shape index (κ2) is 5.82. The van der Waals surface area contributed by atoms with Gasteiger partial charge in [-0.15, -0.1) is 0 Å². The zero-order chi connectivity index (χ0) is 11.2. The van der Waals surface area contributed by atoms with Gasteiger partial charge in [-0.25, -0.2) is 4.79 Å². The lowest BCUT2D eigenvalue weighted by Gasteiger charge is -2.22. The van der Waals surface area contributed by atoms with Gasteiger partial charge in [-0.05, 0) is 27.2 Å². The SMILES string of the molecule is CC(C)(C)OC(=O)NC(CO)CCO. The molecule has 84 valence electrons. The third-order valence-electron chi connectivity index (χ3n) is 1.42. The zero-order valence-corrected chi connectivity index (χ0v) is 8.91. The van der Waals surface area contributed by atoms with E-state index < -0.39 is 17.7 Å². The lowest BCUT2D eigenvalue weighted by atomic mass is 10.2. The Kier molecular flexibility index (Phi) is 5.49. The first-order valence-corrected chi connectivity index (χ1v) is 4.60. The lowest BCUT2D eigenvalue weighted by molar-refractivity contribution is 0.0472. The van der Waals surface area contributed by atoms with Crippen molar-refractivity contribution < 1.29 is 19.7 Å². The van der Waals surface area contributed by atoms with Crippen molar-refractivity contribution in [1.29, 1.82) is 0 Å². The molecule has 0 heterocycles. The minimum absolute atomic E-state index is 0.0823. The number of aliphatic hydroxyl groups is 2. The van der Waals surface area contributed by atoms with Crippen molar-refractivity contribution in [3.8, 4) is 0 Å². The summed E-state index contributed by atoms with van der Waals surface area (Å²) >= 11 is 0. The number of nitrogens with one attached hydrogen (secondary N) is 1. The number of carbonyl (C=O) groups excluding carboxylic acids is 1. The monoisotopic (exact) mass is 205 g/mol. The Morgan fingerprint density at radius 3 is 2.36 bits per heavy atom. The van der Waals surface area contributed by atoms with Crippen molar-refractivity contribution in [1.82, 2.24) is 5.32 Å². The molecule has 0 saturated heterocycles. The minimum atomic E-state index is -0.579. The molecule has 1 unspecified atom stereocenters. The Balaban J connectivity index is 3.91. The molecule has 0 aliphatic carbocycles.